The summed E-state index contributed by atoms with van der Waals surface area (Å²) in [6, 6.07) is 7.77. The van der Waals surface area contributed by atoms with Crippen molar-refractivity contribution in [3.8, 4) is 0 Å². The SMILES string of the molecule is C[NH+]1CCN(c2ccc(NC(=O)[C@H]3CC=CC[C@@H]3C(=O)[O-])cc2)CC1. The average molecular weight is 343 g/mol. The Balaban J connectivity index is 1.62. The molecule has 25 heavy (non-hydrogen) atoms. The van der Waals surface area contributed by atoms with E-state index in [0.717, 1.165) is 31.9 Å². The smallest absolute Gasteiger partial charge is 0.228 e. The summed E-state index contributed by atoms with van der Waals surface area (Å²) in [6.07, 6.45) is 4.45. The lowest BCUT2D eigenvalue weighted by atomic mass is 9.82. The molecule has 6 heteroatoms. The molecule has 1 amide bonds. The van der Waals surface area contributed by atoms with Crippen molar-refractivity contribution in [1.29, 1.82) is 0 Å². The number of hydrogen-bond acceptors (Lipinski definition) is 4. The Labute approximate surface area is 148 Å². The van der Waals surface area contributed by atoms with Crippen LogP contribution in [0.4, 0.5) is 11.4 Å². The van der Waals surface area contributed by atoms with Crippen LogP contribution in [0.2, 0.25) is 0 Å². The first-order valence-electron chi connectivity index (χ1n) is 8.87. The van der Waals surface area contributed by atoms with E-state index in [2.05, 4.69) is 17.3 Å². The third-order valence-corrected chi connectivity index (χ3v) is 5.19. The number of carboxylic acid groups (broad SMARTS) is 1. The largest absolute Gasteiger partial charge is 0.550 e. The molecule has 2 atom stereocenters. The van der Waals surface area contributed by atoms with Gasteiger partial charge in [0.2, 0.25) is 5.91 Å². The first-order chi connectivity index (χ1) is 12.0. The fourth-order valence-corrected chi connectivity index (χ4v) is 3.50. The Morgan fingerprint density at radius 1 is 1.08 bits per heavy atom. The van der Waals surface area contributed by atoms with Crippen LogP contribution in [0.25, 0.3) is 0 Å². The lowest BCUT2D eigenvalue weighted by molar-refractivity contribution is -0.880. The van der Waals surface area contributed by atoms with E-state index >= 15 is 0 Å². The second-order valence-corrected chi connectivity index (χ2v) is 6.96. The number of piperazine rings is 1. The number of allylic oxidation sites excluding steroid dienone is 2. The zero-order chi connectivity index (χ0) is 17.8. The highest BCUT2D eigenvalue weighted by Gasteiger charge is 2.29. The lowest BCUT2D eigenvalue weighted by Gasteiger charge is -2.32. The summed E-state index contributed by atoms with van der Waals surface area (Å²) in [4.78, 5) is 27.6. The molecule has 2 aliphatic rings. The van der Waals surface area contributed by atoms with Gasteiger partial charge in [0.25, 0.3) is 0 Å². The van der Waals surface area contributed by atoms with E-state index in [9.17, 15) is 14.7 Å². The number of likely N-dealkylation sites (N-methyl/N-ethyl adjacent to an activating group) is 1. The summed E-state index contributed by atoms with van der Waals surface area (Å²) >= 11 is 0. The molecule has 1 aromatic carbocycles. The Morgan fingerprint density at radius 3 is 2.28 bits per heavy atom. The zero-order valence-corrected chi connectivity index (χ0v) is 14.5. The second-order valence-electron chi connectivity index (χ2n) is 6.96. The maximum atomic E-state index is 12.5. The Morgan fingerprint density at radius 2 is 1.68 bits per heavy atom. The van der Waals surface area contributed by atoms with Crippen LogP contribution in [-0.4, -0.2) is 45.1 Å². The van der Waals surface area contributed by atoms with Crippen molar-refractivity contribution in [1.82, 2.24) is 0 Å². The number of aliphatic carboxylic acids is 1. The number of carbonyl (C=O) groups is 2. The van der Waals surface area contributed by atoms with Gasteiger partial charge in [0.1, 0.15) is 0 Å². The van der Waals surface area contributed by atoms with Gasteiger partial charge in [-0.1, -0.05) is 12.2 Å². The van der Waals surface area contributed by atoms with E-state index in [0.29, 0.717) is 18.5 Å². The van der Waals surface area contributed by atoms with Crippen LogP contribution < -0.4 is 20.2 Å². The van der Waals surface area contributed by atoms with Crippen LogP contribution in [-0.2, 0) is 9.59 Å². The second kappa shape index (κ2) is 7.70. The molecule has 0 radical (unpaired) electrons. The molecule has 1 aliphatic heterocycles. The van der Waals surface area contributed by atoms with E-state index in [-0.39, 0.29) is 5.91 Å². The van der Waals surface area contributed by atoms with Crippen LogP contribution >= 0.6 is 0 Å². The molecule has 1 aromatic rings. The topological polar surface area (TPSA) is 76.9 Å². The fraction of sp³-hybridized carbons (Fsp3) is 0.474. The van der Waals surface area contributed by atoms with Gasteiger partial charge < -0.3 is 25.0 Å². The van der Waals surface area contributed by atoms with Crippen LogP contribution in [0.1, 0.15) is 12.8 Å². The standard InChI is InChI=1S/C19H25N3O3/c1-21-10-12-22(13-11-21)15-8-6-14(7-9-15)20-18(23)16-4-2-3-5-17(16)19(24)25/h2-3,6-9,16-17H,4-5,10-13H2,1H3,(H,20,23)(H,24,25)/t16-,17-/m0/s1. The van der Waals surface area contributed by atoms with Crippen molar-refractivity contribution in [2.45, 2.75) is 12.8 Å². The van der Waals surface area contributed by atoms with Crippen LogP contribution in [0.15, 0.2) is 36.4 Å². The molecular weight excluding hydrogens is 318 g/mol. The van der Waals surface area contributed by atoms with Gasteiger partial charge in [0.05, 0.1) is 39.1 Å². The number of nitrogens with zero attached hydrogens (tertiary/aromatic N) is 1. The summed E-state index contributed by atoms with van der Waals surface area (Å²) in [5, 5.41) is 14.1. The summed E-state index contributed by atoms with van der Waals surface area (Å²) in [5.74, 6) is -2.74. The lowest BCUT2D eigenvalue weighted by Crippen LogP contribution is -3.12. The number of carbonyl (C=O) groups excluding carboxylic acids is 2. The molecular formula is C19H25N3O3. The van der Waals surface area contributed by atoms with Crippen molar-refractivity contribution < 1.29 is 19.6 Å². The third kappa shape index (κ3) is 4.20. The van der Waals surface area contributed by atoms with Gasteiger partial charge in [0.15, 0.2) is 0 Å². The Hall–Kier alpha value is -2.34. The van der Waals surface area contributed by atoms with Gasteiger partial charge in [-0.2, -0.15) is 0 Å². The van der Waals surface area contributed by atoms with Crippen molar-refractivity contribution in [2.75, 3.05) is 43.4 Å². The average Bonchev–Trinajstić information content (AvgIpc) is 2.63. The summed E-state index contributed by atoms with van der Waals surface area (Å²) < 4.78 is 0. The molecule has 1 saturated heterocycles. The number of quaternary nitrogens is 1. The summed E-state index contributed by atoms with van der Waals surface area (Å²) in [6.45, 7) is 4.30. The first kappa shape index (κ1) is 17.5. The molecule has 0 saturated carbocycles. The van der Waals surface area contributed by atoms with Crippen molar-refractivity contribution in [2.24, 2.45) is 11.8 Å². The highest BCUT2D eigenvalue weighted by Crippen LogP contribution is 2.27. The maximum Gasteiger partial charge on any atom is 0.228 e. The van der Waals surface area contributed by atoms with E-state index in [1.807, 2.05) is 30.3 Å². The first-order valence-corrected chi connectivity index (χ1v) is 8.87. The maximum absolute atomic E-state index is 12.5. The molecule has 1 aliphatic carbocycles. The minimum Gasteiger partial charge on any atom is -0.550 e. The number of amides is 1. The Kier molecular flexibility index (Phi) is 5.38. The molecule has 1 fully saturated rings. The molecule has 0 unspecified atom stereocenters. The number of carboxylic acids is 1. The van der Waals surface area contributed by atoms with E-state index in [1.54, 1.807) is 11.0 Å². The normalized spacial score (nSPS) is 24.1. The van der Waals surface area contributed by atoms with Gasteiger partial charge in [0, 0.05) is 23.3 Å². The molecule has 3 rings (SSSR count). The van der Waals surface area contributed by atoms with E-state index in [1.165, 1.54) is 0 Å². The van der Waals surface area contributed by atoms with Crippen LogP contribution in [0, 0.1) is 11.8 Å². The number of hydrogen-bond donors (Lipinski definition) is 2. The molecule has 2 N–H and O–H groups in total. The highest BCUT2D eigenvalue weighted by atomic mass is 16.4. The minimum absolute atomic E-state index is 0.255. The summed E-state index contributed by atoms with van der Waals surface area (Å²) in [5.41, 5.74) is 1.85. The van der Waals surface area contributed by atoms with Crippen LogP contribution in [0.3, 0.4) is 0 Å². The third-order valence-electron chi connectivity index (χ3n) is 5.19. The number of benzene rings is 1. The minimum atomic E-state index is -1.16. The van der Waals surface area contributed by atoms with Gasteiger partial charge >= 0.3 is 0 Å². The summed E-state index contributed by atoms with van der Waals surface area (Å²) in [7, 11) is 2.20. The van der Waals surface area contributed by atoms with E-state index in [4.69, 9.17) is 0 Å². The predicted octanol–water partition coefficient (Wildman–Crippen LogP) is -0.708. The van der Waals surface area contributed by atoms with Gasteiger partial charge in [-0.05, 0) is 37.1 Å². The molecule has 6 nitrogen and oxygen atoms in total. The fourth-order valence-electron chi connectivity index (χ4n) is 3.50. The quantitative estimate of drug-likeness (QED) is 0.709. The van der Waals surface area contributed by atoms with Gasteiger partial charge in [-0.25, -0.2) is 0 Å². The van der Waals surface area contributed by atoms with Gasteiger partial charge in [-0.15, -0.1) is 0 Å². The molecule has 0 bridgehead atoms. The monoisotopic (exact) mass is 343 g/mol. The van der Waals surface area contributed by atoms with Crippen LogP contribution in [0.5, 0.6) is 0 Å². The number of rotatable bonds is 4. The zero-order valence-electron chi connectivity index (χ0n) is 14.5. The van der Waals surface area contributed by atoms with Crippen molar-refractivity contribution in [3.05, 3.63) is 36.4 Å². The van der Waals surface area contributed by atoms with Crippen molar-refractivity contribution in [3.63, 3.8) is 0 Å². The molecule has 0 aromatic heterocycles. The predicted molar refractivity (Wildman–Crippen MR) is 94.3 cm³/mol. The van der Waals surface area contributed by atoms with Crippen molar-refractivity contribution >= 4 is 23.3 Å². The number of nitrogens with one attached hydrogen (secondary N) is 2. The number of anilines is 2. The Bertz CT molecular complexity index is 648. The molecule has 134 valence electrons. The molecule has 0 spiro atoms. The molecule has 1 heterocycles. The van der Waals surface area contributed by atoms with Gasteiger partial charge in [-0.3, -0.25) is 4.79 Å². The highest BCUT2D eigenvalue weighted by molar-refractivity contribution is 5.95. The van der Waals surface area contributed by atoms with E-state index < -0.39 is 17.8 Å².